The highest BCUT2D eigenvalue weighted by Crippen LogP contribution is 2.27. The molecule has 17 heavy (non-hydrogen) atoms. The number of halogens is 1. The molecule has 1 N–H and O–H groups in total. The van der Waals surface area contributed by atoms with Crippen molar-refractivity contribution in [2.75, 3.05) is 23.9 Å². The fourth-order valence-electron chi connectivity index (χ4n) is 1.32. The van der Waals surface area contributed by atoms with Crippen LogP contribution in [0.5, 0.6) is 0 Å². The van der Waals surface area contributed by atoms with Gasteiger partial charge in [-0.15, -0.1) is 0 Å². The Kier molecular flexibility index (Phi) is 3.56. The van der Waals surface area contributed by atoms with E-state index in [0.29, 0.717) is 16.7 Å². The van der Waals surface area contributed by atoms with Gasteiger partial charge >= 0.3 is 0 Å². The van der Waals surface area contributed by atoms with Crippen LogP contribution in [-0.4, -0.2) is 32.0 Å². The van der Waals surface area contributed by atoms with Gasteiger partial charge in [0.25, 0.3) is 0 Å². The Balaban J connectivity index is 2.09. The van der Waals surface area contributed by atoms with Crippen molar-refractivity contribution in [1.29, 1.82) is 0 Å². The first-order valence-corrected chi connectivity index (χ1v) is 8.17. The molecule has 0 spiro atoms. The fraction of sp³-hybridized carbons (Fsp3) is 0.300. The first kappa shape index (κ1) is 12.6. The molecule has 4 nitrogen and oxygen atoms in total. The van der Waals surface area contributed by atoms with Crippen LogP contribution >= 0.6 is 22.9 Å². The second-order valence-corrected chi connectivity index (χ2v) is 7.41. The molecule has 92 valence electrons. The smallest absolute Gasteiger partial charge is 0.183 e. The van der Waals surface area contributed by atoms with Crippen molar-refractivity contribution in [3.05, 3.63) is 23.2 Å². The molecule has 7 heteroatoms. The number of fused-ring (bicyclic) bond motifs is 1. The van der Waals surface area contributed by atoms with Gasteiger partial charge < -0.3 is 5.32 Å². The van der Waals surface area contributed by atoms with Crippen molar-refractivity contribution in [1.82, 2.24) is 4.98 Å². The lowest BCUT2D eigenvalue weighted by Gasteiger charge is -1.99. The van der Waals surface area contributed by atoms with Crippen LogP contribution in [0.25, 0.3) is 10.2 Å². The molecule has 0 aliphatic carbocycles. The highest BCUT2D eigenvalue weighted by molar-refractivity contribution is 7.90. The summed E-state index contributed by atoms with van der Waals surface area (Å²) in [4.78, 5) is 4.32. The van der Waals surface area contributed by atoms with Crippen LogP contribution in [-0.2, 0) is 9.84 Å². The van der Waals surface area contributed by atoms with E-state index < -0.39 is 9.84 Å². The second kappa shape index (κ2) is 4.80. The summed E-state index contributed by atoms with van der Waals surface area (Å²) >= 11 is 7.34. The third-order valence-electron chi connectivity index (χ3n) is 2.10. The van der Waals surface area contributed by atoms with Crippen molar-refractivity contribution in [2.45, 2.75) is 0 Å². The topological polar surface area (TPSA) is 59.1 Å². The van der Waals surface area contributed by atoms with E-state index in [1.165, 1.54) is 17.6 Å². The molecule has 0 saturated carbocycles. The van der Waals surface area contributed by atoms with Gasteiger partial charge in [-0.2, -0.15) is 0 Å². The van der Waals surface area contributed by atoms with Gasteiger partial charge in [0.05, 0.1) is 16.0 Å². The molecule has 0 aliphatic rings. The Bertz CT molecular complexity index is 637. The number of sulfone groups is 1. The molecule has 2 rings (SSSR count). The van der Waals surface area contributed by atoms with Crippen LogP contribution in [0.4, 0.5) is 5.13 Å². The lowest BCUT2D eigenvalue weighted by molar-refractivity contribution is 0.602. The Labute approximate surface area is 109 Å². The first-order chi connectivity index (χ1) is 7.94. The lowest BCUT2D eigenvalue weighted by atomic mass is 10.3. The van der Waals surface area contributed by atoms with Crippen LogP contribution in [0, 0.1) is 0 Å². The first-order valence-electron chi connectivity index (χ1n) is 4.92. The van der Waals surface area contributed by atoms with Crippen LogP contribution in [0.15, 0.2) is 18.2 Å². The van der Waals surface area contributed by atoms with Crippen LogP contribution in [0.3, 0.4) is 0 Å². The Morgan fingerprint density at radius 1 is 1.47 bits per heavy atom. The molecule has 0 aliphatic heterocycles. The van der Waals surface area contributed by atoms with Crippen molar-refractivity contribution < 1.29 is 8.42 Å². The normalized spacial score (nSPS) is 11.9. The van der Waals surface area contributed by atoms with E-state index in [4.69, 9.17) is 11.6 Å². The molecule has 0 fully saturated rings. The number of anilines is 1. The van der Waals surface area contributed by atoms with Gasteiger partial charge in [-0.1, -0.05) is 22.9 Å². The SMILES string of the molecule is CS(=O)(=O)CCNc1nc2cc(Cl)ccc2s1. The molecule has 0 saturated heterocycles. The van der Waals surface area contributed by atoms with E-state index in [-0.39, 0.29) is 5.75 Å². The van der Waals surface area contributed by atoms with Gasteiger partial charge in [-0.25, -0.2) is 13.4 Å². The molecule has 0 unspecified atom stereocenters. The zero-order valence-electron chi connectivity index (χ0n) is 9.10. The van der Waals surface area contributed by atoms with Crippen molar-refractivity contribution in [3.8, 4) is 0 Å². The van der Waals surface area contributed by atoms with Crippen LogP contribution in [0.1, 0.15) is 0 Å². The number of hydrogen-bond donors (Lipinski definition) is 1. The van der Waals surface area contributed by atoms with Gasteiger partial charge in [0.1, 0.15) is 9.84 Å². The maximum Gasteiger partial charge on any atom is 0.183 e. The minimum atomic E-state index is -2.94. The second-order valence-electron chi connectivity index (χ2n) is 3.69. The maximum absolute atomic E-state index is 11.0. The minimum Gasteiger partial charge on any atom is -0.360 e. The van der Waals surface area contributed by atoms with E-state index in [0.717, 1.165) is 10.2 Å². The lowest BCUT2D eigenvalue weighted by Crippen LogP contribution is -2.13. The van der Waals surface area contributed by atoms with Crippen LogP contribution in [0.2, 0.25) is 5.02 Å². The summed E-state index contributed by atoms with van der Waals surface area (Å²) in [7, 11) is -2.94. The standard InChI is InChI=1S/C10H11ClN2O2S2/c1-17(14,15)5-4-12-10-13-8-6-7(11)2-3-9(8)16-10/h2-3,6H,4-5H2,1H3,(H,12,13). The molecule has 1 aromatic carbocycles. The summed E-state index contributed by atoms with van der Waals surface area (Å²) in [5, 5.41) is 4.35. The predicted molar refractivity (Wildman–Crippen MR) is 72.8 cm³/mol. The third kappa shape index (κ3) is 3.55. The monoisotopic (exact) mass is 290 g/mol. The summed E-state index contributed by atoms with van der Waals surface area (Å²) in [6, 6.07) is 5.49. The molecular weight excluding hydrogens is 280 g/mol. The highest BCUT2D eigenvalue weighted by atomic mass is 35.5. The van der Waals surface area contributed by atoms with E-state index in [1.54, 1.807) is 6.07 Å². The number of rotatable bonds is 4. The van der Waals surface area contributed by atoms with Crippen molar-refractivity contribution >= 4 is 48.1 Å². The number of aromatic nitrogens is 1. The molecule has 1 aromatic heterocycles. The number of nitrogens with one attached hydrogen (secondary N) is 1. The van der Waals surface area contributed by atoms with Crippen molar-refractivity contribution in [3.63, 3.8) is 0 Å². The number of hydrogen-bond acceptors (Lipinski definition) is 5. The molecule has 0 amide bonds. The average molecular weight is 291 g/mol. The summed E-state index contributed by atoms with van der Waals surface area (Å²) in [6.07, 6.45) is 1.22. The van der Waals surface area contributed by atoms with E-state index in [2.05, 4.69) is 10.3 Å². The molecular formula is C10H11ClN2O2S2. The summed E-state index contributed by atoms with van der Waals surface area (Å²) in [5.41, 5.74) is 0.823. The Morgan fingerprint density at radius 2 is 2.24 bits per heavy atom. The summed E-state index contributed by atoms with van der Waals surface area (Å²) in [6.45, 7) is 0.367. The van der Waals surface area contributed by atoms with Gasteiger partial charge in [-0.05, 0) is 18.2 Å². The van der Waals surface area contributed by atoms with E-state index >= 15 is 0 Å². The van der Waals surface area contributed by atoms with Crippen molar-refractivity contribution in [2.24, 2.45) is 0 Å². The molecule has 1 heterocycles. The third-order valence-corrected chi connectivity index (χ3v) is 4.27. The zero-order valence-corrected chi connectivity index (χ0v) is 11.5. The molecule has 2 aromatic rings. The molecule has 0 radical (unpaired) electrons. The van der Waals surface area contributed by atoms with Gasteiger partial charge in [0.2, 0.25) is 0 Å². The minimum absolute atomic E-state index is 0.101. The van der Waals surface area contributed by atoms with E-state index in [1.807, 2.05) is 12.1 Å². The Morgan fingerprint density at radius 3 is 2.94 bits per heavy atom. The maximum atomic E-state index is 11.0. The van der Waals surface area contributed by atoms with Gasteiger partial charge in [-0.3, -0.25) is 0 Å². The van der Waals surface area contributed by atoms with Gasteiger partial charge in [0, 0.05) is 17.8 Å². The fourth-order valence-corrected chi connectivity index (χ4v) is 2.83. The molecule has 0 atom stereocenters. The zero-order chi connectivity index (χ0) is 12.5. The average Bonchev–Trinajstić information content (AvgIpc) is 2.57. The van der Waals surface area contributed by atoms with Gasteiger partial charge in [0.15, 0.2) is 5.13 Å². The number of benzene rings is 1. The summed E-state index contributed by atoms with van der Waals surface area (Å²) in [5.74, 6) is 0.101. The van der Waals surface area contributed by atoms with E-state index in [9.17, 15) is 8.42 Å². The number of nitrogens with zero attached hydrogens (tertiary/aromatic N) is 1. The largest absolute Gasteiger partial charge is 0.360 e. The number of thiazole rings is 1. The molecule has 0 bridgehead atoms. The predicted octanol–water partition coefficient (Wildman–Crippen LogP) is 2.41. The Hall–Kier alpha value is -0.850. The summed E-state index contributed by atoms with van der Waals surface area (Å²) < 4.78 is 23.0. The van der Waals surface area contributed by atoms with Crippen LogP contribution < -0.4 is 5.32 Å². The quantitative estimate of drug-likeness (QED) is 0.939. The highest BCUT2D eigenvalue weighted by Gasteiger charge is 2.05.